The van der Waals surface area contributed by atoms with Crippen LogP contribution in [-0.2, 0) is 41.1 Å². The van der Waals surface area contributed by atoms with Crippen LogP contribution in [0.2, 0.25) is 0 Å². The Morgan fingerprint density at radius 3 is 2.50 bits per heavy atom. The minimum absolute atomic E-state index is 0.0382. The van der Waals surface area contributed by atoms with E-state index < -0.39 is 60.2 Å². The summed E-state index contributed by atoms with van der Waals surface area (Å²) in [4.78, 5) is 58.3. The molecule has 20 nitrogen and oxygen atoms in total. The summed E-state index contributed by atoms with van der Waals surface area (Å²) >= 11 is 0. The van der Waals surface area contributed by atoms with Crippen LogP contribution in [-0.4, -0.2) is 89.4 Å². The first-order valence-electron chi connectivity index (χ1n) is 9.57. The number of aliphatic hydroxyl groups is 1. The molecule has 0 radical (unpaired) electrons. The number of phosphoric ester groups is 1. The number of nitrogen functional groups attached to an aromatic ring is 1. The first-order chi connectivity index (χ1) is 16.6. The smallest absolute Gasteiger partial charge is 0.387 e. The van der Waals surface area contributed by atoms with Crippen molar-refractivity contribution in [3.63, 3.8) is 0 Å². The fourth-order valence-electron chi connectivity index (χ4n) is 3.13. The molecule has 0 spiro atoms. The van der Waals surface area contributed by atoms with Crippen molar-refractivity contribution in [1.29, 1.82) is 0 Å². The number of H-pyrrole nitrogens is 1. The highest BCUT2D eigenvalue weighted by Crippen LogP contribution is 2.66. The maximum Gasteiger partial charge on any atom is 0.490 e. The van der Waals surface area contributed by atoms with Gasteiger partial charge in [0.15, 0.2) is 17.4 Å². The summed E-state index contributed by atoms with van der Waals surface area (Å²) in [5, 5.41) is 10.7. The van der Waals surface area contributed by atoms with Crippen molar-refractivity contribution in [1.82, 2.24) is 19.5 Å². The second-order valence-corrected chi connectivity index (χ2v) is 11.5. The van der Waals surface area contributed by atoms with Gasteiger partial charge in [-0.2, -0.15) is 13.6 Å². The maximum atomic E-state index is 12.1. The highest BCUT2D eigenvalue weighted by Gasteiger charge is 2.48. The lowest BCUT2D eigenvalue weighted by Crippen LogP contribution is -2.36. The van der Waals surface area contributed by atoms with Gasteiger partial charge in [-0.25, -0.2) is 18.7 Å². The average molecular weight is 581 g/mol. The standard InChI is InChI=1S/C13H22N5O15P3/c1-28-2-3-29-9-8(19)6(4-30-35(24,25)33-36(26,27)32-34(21,22)23)31-12(9)18-5-15-7-10(18)16-13(14)17-11(7)20/h5-6,8-9,12,19H,2-4H2,1H3,(H,24,25)(H,26,27)(H2,21,22,23)(H3,14,16,17,20)/t6-,8-,9-,12-/m1/s1. The number of methoxy groups -OCH3 is 1. The van der Waals surface area contributed by atoms with E-state index in [1.54, 1.807) is 0 Å². The largest absolute Gasteiger partial charge is 0.490 e. The lowest BCUT2D eigenvalue weighted by atomic mass is 10.1. The molecule has 23 heteroatoms. The van der Waals surface area contributed by atoms with Crippen LogP contribution in [0.3, 0.4) is 0 Å². The number of nitrogens with two attached hydrogens (primary N) is 1. The lowest BCUT2D eigenvalue weighted by molar-refractivity contribution is -0.0784. The Bertz CT molecular complexity index is 1280. The topological polar surface area (TPSA) is 297 Å². The van der Waals surface area contributed by atoms with E-state index in [0.29, 0.717) is 0 Å². The molecule has 0 saturated carbocycles. The molecule has 2 aromatic rings. The fraction of sp³-hybridized carbons (Fsp3) is 0.615. The quantitative estimate of drug-likeness (QED) is 0.109. The monoisotopic (exact) mass is 581 g/mol. The van der Waals surface area contributed by atoms with Crippen molar-refractivity contribution in [3.05, 3.63) is 16.7 Å². The summed E-state index contributed by atoms with van der Waals surface area (Å²) in [6, 6.07) is 0. The number of aliphatic hydroxyl groups excluding tert-OH is 1. The lowest BCUT2D eigenvalue weighted by Gasteiger charge is -2.22. The Morgan fingerprint density at radius 1 is 1.17 bits per heavy atom. The van der Waals surface area contributed by atoms with E-state index in [1.165, 1.54) is 11.7 Å². The number of rotatable bonds is 12. The number of phosphoric acid groups is 3. The minimum Gasteiger partial charge on any atom is -0.387 e. The third kappa shape index (κ3) is 7.25. The molecule has 1 fully saturated rings. The molecule has 1 saturated heterocycles. The number of fused-ring (bicyclic) bond motifs is 1. The molecule has 0 aromatic carbocycles. The van der Waals surface area contributed by atoms with Crippen LogP contribution in [0.5, 0.6) is 0 Å². The fourth-order valence-corrected chi connectivity index (χ4v) is 6.16. The summed E-state index contributed by atoms with van der Waals surface area (Å²) in [7, 11) is -15.4. The second kappa shape index (κ2) is 11.0. The van der Waals surface area contributed by atoms with Gasteiger partial charge in [0.1, 0.15) is 18.3 Å². The summed E-state index contributed by atoms with van der Waals surface area (Å²) in [6.45, 7) is -0.880. The van der Waals surface area contributed by atoms with Gasteiger partial charge in [0.2, 0.25) is 5.95 Å². The van der Waals surface area contributed by atoms with Gasteiger partial charge in [-0.1, -0.05) is 0 Å². The van der Waals surface area contributed by atoms with Gasteiger partial charge in [-0.05, 0) is 0 Å². The number of nitrogens with one attached hydrogen (secondary N) is 1. The highest BCUT2D eigenvalue weighted by molar-refractivity contribution is 7.66. The molecule has 2 unspecified atom stereocenters. The average Bonchev–Trinajstić information content (AvgIpc) is 3.25. The summed E-state index contributed by atoms with van der Waals surface area (Å²) in [6.07, 6.45) is -4.28. The Hall–Kier alpha value is -1.60. The maximum absolute atomic E-state index is 12.1. The van der Waals surface area contributed by atoms with Crippen molar-refractivity contribution in [2.24, 2.45) is 0 Å². The van der Waals surface area contributed by atoms with Crippen molar-refractivity contribution in [2.75, 3.05) is 32.7 Å². The highest BCUT2D eigenvalue weighted by atomic mass is 31.3. The molecule has 0 bridgehead atoms. The van der Waals surface area contributed by atoms with Gasteiger partial charge >= 0.3 is 23.5 Å². The van der Waals surface area contributed by atoms with Crippen LogP contribution < -0.4 is 11.3 Å². The van der Waals surface area contributed by atoms with Gasteiger partial charge in [0, 0.05) is 7.11 Å². The molecule has 2 aromatic heterocycles. The van der Waals surface area contributed by atoms with Crippen LogP contribution in [0.25, 0.3) is 11.2 Å². The van der Waals surface area contributed by atoms with E-state index in [0.717, 1.165) is 6.33 Å². The van der Waals surface area contributed by atoms with Crippen molar-refractivity contribution >= 4 is 40.6 Å². The number of nitrogens with zero attached hydrogens (tertiary/aromatic N) is 3. The van der Waals surface area contributed by atoms with E-state index in [-0.39, 0.29) is 30.3 Å². The van der Waals surface area contributed by atoms with E-state index in [9.17, 15) is 33.4 Å². The Labute approximate surface area is 200 Å². The molecular weight excluding hydrogens is 559 g/mol. The minimum atomic E-state index is -5.74. The normalized spacial score (nSPS) is 26.2. The second-order valence-electron chi connectivity index (χ2n) is 7.05. The molecule has 0 aliphatic carbocycles. The Morgan fingerprint density at radius 2 is 1.86 bits per heavy atom. The first-order valence-corrected chi connectivity index (χ1v) is 14.1. The van der Waals surface area contributed by atoms with Crippen molar-refractivity contribution in [2.45, 2.75) is 24.5 Å². The predicted molar refractivity (Wildman–Crippen MR) is 114 cm³/mol. The van der Waals surface area contributed by atoms with Crippen molar-refractivity contribution in [3.8, 4) is 0 Å². The molecule has 1 aliphatic heterocycles. The molecule has 36 heavy (non-hydrogen) atoms. The molecule has 6 atom stereocenters. The number of aromatic amines is 1. The van der Waals surface area contributed by atoms with Gasteiger partial charge in [-0.3, -0.25) is 18.9 Å². The van der Waals surface area contributed by atoms with E-state index >= 15 is 0 Å². The third-order valence-electron chi connectivity index (χ3n) is 4.45. The zero-order chi connectivity index (χ0) is 26.9. The molecule has 8 N–H and O–H groups in total. The molecule has 1 aliphatic rings. The molecular formula is C13H22N5O15P3. The number of ether oxygens (including phenoxy) is 3. The number of hydrogen-bond donors (Lipinski definition) is 7. The van der Waals surface area contributed by atoms with Crippen LogP contribution in [0.15, 0.2) is 11.1 Å². The molecule has 0 amide bonds. The zero-order valence-electron chi connectivity index (χ0n) is 18.1. The SMILES string of the molecule is COCCO[C@@H]1[C@H](O)[C@@H](COP(=O)(O)OP(=O)(O)OP(=O)(O)O)O[C@H]1n1cnc2c(=O)[nH]c(N)nc21. The summed E-state index contributed by atoms with van der Waals surface area (Å²) < 4.78 is 63.4. The predicted octanol–water partition coefficient (Wildman–Crippen LogP) is -1.66. The summed E-state index contributed by atoms with van der Waals surface area (Å²) in [5.41, 5.74) is 4.77. The van der Waals surface area contributed by atoms with Gasteiger partial charge < -0.3 is 44.6 Å². The van der Waals surface area contributed by atoms with E-state index in [2.05, 4.69) is 28.1 Å². The number of aromatic nitrogens is 4. The molecule has 3 rings (SSSR count). The van der Waals surface area contributed by atoms with E-state index in [1.807, 2.05) is 0 Å². The Kier molecular flexibility index (Phi) is 8.87. The van der Waals surface area contributed by atoms with Crippen molar-refractivity contribution < 1.29 is 65.7 Å². The number of hydrogen-bond acceptors (Lipinski definition) is 14. The zero-order valence-corrected chi connectivity index (χ0v) is 20.8. The van der Waals surface area contributed by atoms with Crippen LogP contribution in [0, 0.1) is 0 Å². The number of anilines is 1. The van der Waals surface area contributed by atoms with Gasteiger partial charge in [0.05, 0.1) is 26.1 Å². The van der Waals surface area contributed by atoms with Gasteiger partial charge in [-0.15, -0.1) is 0 Å². The van der Waals surface area contributed by atoms with E-state index in [4.69, 9.17) is 29.7 Å². The number of imidazole rings is 1. The van der Waals surface area contributed by atoms with Crippen LogP contribution in [0.1, 0.15) is 6.23 Å². The van der Waals surface area contributed by atoms with Crippen LogP contribution in [0.4, 0.5) is 5.95 Å². The Balaban J connectivity index is 1.80. The molecule has 3 heterocycles. The van der Waals surface area contributed by atoms with Gasteiger partial charge in [0.25, 0.3) is 5.56 Å². The first kappa shape index (κ1) is 29.0. The van der Waals surface area contributed by atoms with Crippen LogP contribution >= 0.6 is 23.5 Å². The third-order valence-corrected chi connectivity index (χ3v) is 8.26. The molecule has 204 valence electrons. The summed E-state index contributed by atoms with van der Waals surface area (Å²) in [5.74, 6) is -0.242.